The molecule has 0 spiro atoms. The standard InChI is InChI=1S/C14H13Cl2NO2/c15-12-3-1-9(5-13(12)16)8-19-14-4-2-11(17)6-10(14)7-18/h1-6,18H,7-8,17H2. The molecule has 5 heteroatoms. The number of aliphatic hydroxyl groups is 1. The Labute approximate surface area is 121 Å². The highest BCUT2D eigenvalue weighted by atomic mass is 35.5. The highest BCUT2D eigenvalue weighted by Crippen LogP contribution is 2.25. The second-order valence-corrected chi connectivity index (χ2v) is 4.88. The summed E-state index contributed by atoms with van der Waals surface area (Å²) in [6.07, 6.45) is 0. The minimum absolute atomic E-state index is 0.123. The van der Waals surface area contributed by atoms with Crippen molar-refractivity contribution in [2.24, 2.45) is 0 Å². The topological polar surface area (TPSA) is 55.5 Å². The number of hydrogen-bond donors (Lipinski definition) is 2. The van der Waals surface area contributed by atoms with Gasteiger partial charge in [-0.15, -0.1) is 0 Å². The Morgan fingerprint density at radius 3 is 2.53 bits per heavy atom. The van der Waals surface area contributed by atoms with Gasteiger partial charge in [-0.05, 0) is 35.9 Å². The van der Waals surface area contributed by atoms with Gasteiger partial charge in [0, 0.05) is 11.3 Å². The molecule has 0 aromatic heterocycles. The quantitative estimate of drug-likeness (QED) is 0.847. The lowest BCUT2D eigenvalue weighted by Crippen LogP contribution is -2.00. The van der Waals surface area contributed by atoms with Gasteiger partial charge in [0.1, 0.15) is 12.4 Å². The molecule has 0 amide bonds. The summed E-state index contributed by atoms with van der Waals surface area (Å²) in [4.78, 5) is 0. The number of halogens is 2. The summed E-state index contributed by atoms with van der Waals surface area (Å²) in [5.41, 5.74) is 7.79. The van der Waals surface area contributed by atoms with Gasteiger partial charge in [0.2, 0.25) is 0 Å². The first kappa shape index (κ1) is 14.0. The maximum Gasteiger partial charge on any atom is 0.125 e. The van der Waals surface area contributed by atoms with Gasteiger partial charge in [-0.25, -0.2) is 0 Å². The lowest BCUT2D eigenvalue weighted by atomic mass is 10.2. The minimum Gasteiger partial charge on any atom is -0.489 e. The molecule has 0 heterocycles. The number of nitrogens with two attached hydrogens (primary N) is 1. The van der Waals surface area contributed by atoms with Crippen LogP contribution in [0.5, 0.6) is 5.75 Å². The molecule has 0 unspecified atom stereocenters. The van der Waals surface area contributed by atoms with Crippen LogP contribution in [0.15, 0.2) is 36.4 Å². The Kier molecular flexibility index (Phi) is 4.53. The maximum absolute atomic E-state index is 9.25. The number of anilines is 1. The van der Waals surface area contributed by atoms with Crippen molar-refractivity contribution in [2.75, 3.05) is 5.73 Å². The van der Waals surface area contributed by atoms with Crippen molar-refractivity contribution in [3.05, 3.63) is 57.6 Å². The second-order valence-electron chi connectivity index (χ2n) is 4.06. The fourth-order valence-electron chi connectivity index (χ4n) is 1.65. The lowest BCUT2D eigenvalue weighted by molar-refractivity contribution is 0.259. The van der Waals surface area contributed by atoms with Crippen molar-refractivity contribution in [1.82, 2.24) is 0 Å². The molecule has 3 N–H and O–H groups in total. The monoisotopic (exact) mass is 297 g/mol. The summed E-state index contributed by atoms with van der Waals surface area (Å²) in [5, 5.41) is 10.2. The van der Waals surface area contributed by atoms with Crippen LogP contribution in [0.25, 0.3) is 0 Å². The Morgan fingerprint density at radius 1 is 1.05 bits per heavy atom. The second kappa shape index (κ2) is 6.15. The molecule has 0 fully saturated rings. The van der Waals surface area contributed by atoms with Crippen LogP contribution in [0.4, 0.5) is 5.69 Å². The highest BCUT2D eigenvalue weighted by Gasteiger charge is 2.05. The number of benzene rings is 2. The largest absolute Gasteiger partial charge is 0.489 e. The van der Waals surface area contributed by atoms with Gasteiger partial charge >= 0.3 is 0 Å². The van der Waals surface area contributed by atoms with Gasteiger partial charge in [-0.3, -0.25) is 0 Å². The SMILES string of the molecule is Nc1ccc(OCc2ccc(Cl)c(Cl)c2)c(CO)c1. The van der Waals surface area contributed by atoms with E-state index in [9.17, 15) is 5.11 Å². The molecule has 3 nitrogen and oxygen atoms in total. The molecule has 0 radical (unpaired) electrons. The number of aliphatic hydroxyl groups excluding tert-OH is 1. The van der Waals surface area contributed by atoms with Gasteiger partial charge in [0.25, 0.3) is 0 Å². The highest BCUT2D eigenvalue weighted by molar-refractivity contribution is 6.42. The summed E-state index contributed by atoms with van der Waals surface area (Å²) in [6.45, 7) is 0.218. The molecular formula is C14H13Cl2NO2. The predicted molar refractivity (Wildman–Crippen MR) is 77.6 cm³/mol. The third-order valence-corrected chi connectivity index (χ3v) is 3.37. The third kappa shape index (κ3) is 3.53. The first-order valence-electron chi connectivity index (χ1n) is 5.66. The fourth-order valence-corrected chi connectivity index (χ4v) is 1.97. The van der Waals surface area contributed by atoms with Crippen LogP contribution in [0.3, 0.4) is 0 Å². The van der Waals surface area contributed by atoms with Crippen molar-refractivity contribution in [2.45, 2.75) is 13.2 Å². The van der Waals surface area contributed by atoms with E-state index >= 15 is 0 Å². The molecule has 0 saturated heterocycles. The van der Waals surface area contributed by atoms with Gasteiger partial charge in [0.05, 0.1) is 16.7 Å². The van der Waals surface area contributed by atoms with Crippen molar-refractivity contribution in [3.63, 3.8) is 0 Å². The first-order valence-corrected chi connectivity index (χ1v) is 6.41. The Bertz CT molecular complexity index is 588. The molecule has 0 saturated carbocycles. The Hall–Kier alpha value is -1.42. The number of hydrogen-bond acceptors (Lipinski definition) is 3. The normalized spacial score (nSPS) is 10.5. The third-order valence-electron chi connectivity index (χ3n) is 2.63. The zero-order valence-electron chi connectivity index (χ0n) is 10.1. The van der Waals surface area contributed by atoms with E-state index in [0.29, 0.717) is 33.7 Å². The molecule has 0 aliphatic carbocycles. The molecule has 0 atom stereocenters. The number of rotatable bonds is 4. The minimum atomic E-state index is -0.123. The van der Waals surface area contributed by atoms with Crippen molar-refractivity contribution in [3.8, 4) is 5.75 Å². The van der Waals surface area contributed by atoms with E-state index in [0.717, 1.165) is 5.56 Å². The predicted octanol–water partition coefficient (Wildman–Crippen LogP) is 3.65. The Balaban J connectivity index is 2.12. The maximum atomic E-state index is 9.25. The molecule has 0 bridgehead atoms. The van der Waals surface area contributed by atoms with Gasteiger partial charge < -0.3 is 15.6 Å². The van der Waals surface area contributed by atoms with Crippen LogP contribution in [-0.4, -0.2) is 5.11 Å². The van der Waals surface area contributed by atoms with Gasteiger partial charge in [0.15, 0.2) is 0 Å². The number of nitrogen functional groups attached to an aromatic ring is 1. The summed E-state index contributed by atoms with van der Waals surface area (Å²) in [6, 6.07) is 10.5. The van der Waals surface area contributed by atoms with E-state index in [-0.39, 0.29) is 6.61 Å². The molecule has 100 valence electrons. The van der Waals surface area contributed by atoms with Crippen LogP contribution in [0, 0.1) is 0 Å². The summed E-state index contributed by atoms with van der Waals surface area (Å²) >= 11 is 11.8. The molecule has 2 aromatic carbocycles. The van der Waals surface area contributed by atoms with E-state index in [1.54, 1.807) is 30.3 Å². The molecule has 0 aliphatic heterocycles. The first-order chi connectivity index (χ1) is 9.10. The molecule has 0 aliphatic rings. The molecule has 2 aromatic rings. The smallest absolute Gasteiger partial charge is 0.125 e. The van der Waals surface area contributed by atoms with Crippen LogP contribution in [0.2, 0.25) is 10.0 Å². The lowest BCUT2D eigenvalue weighted by Gasteiger charge is -2.11. The van der Waals surface area contributed by atoms with Crippen LogP contribution in [-0.2, 0) is 13.2 Å². The van der Waals surface area contributed by atoms with Crippen molar-refractivity contribution >= 4 is 28.9 Å². The van der Waals surface area contributed by atoms with Crippen molar-refractivity contribution < 1.29 is 9.84 Å². The van der Waals surface area contributed by atoms with E-state index in [2.05, 4.69) is 0 Å². The summed E-state index contributed by atoms with van der Waals surface area (Å²) in [7, 11) is 0. The van der Waals surface area contributed by atoms with E-state index < -0.39 is 0 Å². The van der Waals surface area contributed by atoms with E-state index in [1.165, 1.54) is 0 Å². The summed E-state index contributed by atoms with van der Waals surface area (Å²) < 4.78 is 5.65. The average Bonchev–Trinajstić information content (AvgIpc) is 2.41. The average molecular weight is 298 g/mol. The zero-order valence-corrected chi connectivity index (χ0v) is 11.6. The number of ether oxygens (including phenoxy) is 1. The molecule has 19 heavy (non-hydrogen) atoms. The van der Waals surface area contributed by atoms with E-state index in [1.807, 2.05) is 6.07 Å². The Morgan fingerprint density at radius 2 is 1.84 bits per heavy atom. The van der Waals surface area contributed by atoms with Gasteiger partial charge in [-0.2, -0.15) is 0 Å². The van der Waals surface area contributed by atoms with Crippen LogP contribution < -0.4 is 10.5 Å². The summed E-state index contributed by atoms with van der Waals surface area (Å²) in [5.74, 6) is 0.600. The van der Waals surface area contributed by atoms with E-state index in [4.69, 9.17) is 33.7 Å². The van der Waals surface area contributed by atoms with Crippen LogP contribution in [0.1, 0.15) is 11.1 Å². The van der Waals surface area contributed by atoms with Gasteiger partial charge in [-0.1, -0.05) is 29.3 Å². The van der Waals surface area contributed by atoms with Crippen molar-refractivity contribution in [1.29, 1.82) is 0 Å². The fraction of sp³-hybridized carbons (Fsp3) is 0.143. The molecule has 2 rings (SSSR count). The zero-order chi connectivity index (χ0) is 13.8. The van der Waals surface area contributed by atoms with Crippen LogP contribution >= 0.6 is 23.2 Å². The molecular weight excluding hydrogens is 285 g/mol.